The molecule has 3 nitrogen and oxygen atoms in total. The van der Waals surface area contributed by atoms with Gasteiger partial charge in [-0.2, -0.15) is 5.26 Å². The summed E-state index contributed by atoms with van der Waals surface area (Å²) in [5.41, 5.74) is 1.25. The fourth-order valence-electron chi connectivity index (χ4n) is 1.89. The number of nitriles is 1. The number of hydrogen-bond acceptors (Lipinski definition) is 3. The average Bonchev–Trinajstić information content (AvgIpc) is 2.33. The molecule has 0 bridgehead atoms. The second-order valence-electron chi connectivity index (χ2n) is 6.04. The molecule has 0 aromatic heterocycles. The maximum atomic E-state index is 8.83. The Morgan fingerprint density at radius 1 is 1.26 bits per heavy atom. The predicted molar refractivity (Wildman–Crippen MR) is 78.3 cm³/mol. The fraction of sp³-hybridized carbons (Fsp3) is 0.562. The van der Waals surface area contributed by atoms with Crippen molar-refractivity contribution in [3.8, 4) is 11.8 Å². The van der Waals surface area contributed by atoms with E-state index in [1.807, 2.05) is 37.2 Å². The summed E-state index contributed by atoms with van der Waals surface area (Å²) in [6.07, 6.45) is 0.477. The normalized spacial score (nSPS) is 13.1. The van der Waals surface area contributed by atoms with E-state index in [9.17, 15) is 0 Å². The van der Waals surface area contributed by atoms with Crippen LogP contribution in [-0.4, -0.2) is 31.6 Å². The van der Waals surface area contributed by atoms with Gasteiger partial charge >= 0.3 is 0 Å². The van der Waals surface area contributed by atoms with Crippen molar-refractivity contribution in [1.82, 2.24) is 4.90 Å². The summed E-state index contributed by atoms with van der Waals surface area (Å²) < 4.78 is 5.95. The zero-order chi connectivity index (χ0) is 14.5. The van der Waals surface area contributed by atoms with Crippen LogP contribution in [0.2, 0.25) is 0 Å². The lowest BCUT2D eigenvalue weighted by atomic mass is 9.86. The van der Waals surface area contributed by atoms with E-state index in [0.717, 1.165) is 5.75 Å². The first-order chi connectivity index (χ1) is 8.86. The summed E-state index contributed by atoms with van der Waals surface area (Å²) >= 11 is 0. The van der Waals surface area contributed by atoms with Crippen molar-refractivity contribution in [2.45, 2.75) is 38.6 Å². The summed E-state index contributed by atoms with van der Waals surface area (Å²) in [6, 6.07) is 10.5. The van der Waals surface area contributed by atoms with Crippen LogP contribution >= 0.6 is 0 Å². The molecule has 3 heteroatoms. The number of ether oxygens (including phenoxy) is 1. The highest BCUT2D eigenvalue weighted by Gasteiger charge is 2.19. The SMILES string of the molecule is CN(C)C(CC#N)COc1ccccc1C(C)(C)C. The molecule has 0 aliphatic heterocycles. The molecule has 0 radical (unpaired) electrons. The Morgan fingerprint density at radius 3 is 2.42 bits per heavy atom. The van der Waals surface area contributed by atoms with Gasteiger partial charge in [0.15, 0.2) is 0 Å². The first kappa shape index (κ1) is 15.5. The number of para-hydroxylation sites is 1. The lowest BCUT2D eigenvalue weighted by Crippen LogP contribution is -2.33. The summed E-state index contributed by atoms with van der Waals surface area (Å²) in [7, 11) is 3.95. The van der Waals surface area contributed by atoms with E-state index in [2.05, 4.69) is 32.9 Å². The van der Waals surface area contributed by atoms with E-state index in [0.29, 0.717) is 13.0 Å². The molecule has 1 atom stereocenters. The number of hydrogen-bond donors (Lipinski definition) is 0. The first-order valence-electron chi connectivity index (χ1n) is 6.62. The minimum atomic E-state index is 0.0550. The zero-order valence-corrected chi connectivity index (χ0v) is 12.6. The van der Waals surface area contributed by atoms with Crippen LogP contribution in [0.5, 0.6) is 5.75 Å². The minimum Gasteiger partial charge on any atom is -0.492 e. The molecule has 0 aliphatic carbocycles. The standard InChI is InChI=1S/C16H24N2O/c1-16(2,3)14-8-6-7-9-15(14)19-12-13(10-11-17)18(4)5/h6-9,13H,10,12H2,1-5H3. The Morgan fingerprint density at radius 2 is 1.89 bits per heavy atom. The third-order valence-corrected chi connectivity index (χ3v) is 3.18. The van der Waals surface area contributed by atoms with Crippen molar-refractivity contribution in [2.24, 2.45) is 0 Å². The third-order valence-electron chi connectivity index (χ3n) is 3.18. The highest BCUT2D eigenvalue weighted by molar-refractivity contribution is 5.38. The van der Waals surface area contributed by atoms with E-state index in [4.69, 9.17) is 10.00 Å². The lowest BCUT2D eigenvalue weighted by molar-refractivity contribution is 0.185. The van der Waals surface area contributed by atoms with Gasteiger partial charge in [-0.05, 0) is 31.1 Å². The summed E-state index contributed by atoms with van der Waals surface area (Å²) in [5.74, 6) is 0.916. The van der Waals surface area contributed by atoms with E-state index in [-0.39, 0.29) is 11.5 Å². The van der Waals surface area contributed by atoms with Crippen molar-refractivity contribution in [3.63, 3.8) is 0 Å². The van der Waals surface area contributed by atoms with Crippen molar-refractivity contribution in [2.75, 3.05) is 20.7 Å². The van der Waals surface area contributed by atoms with Crippen LogP contribution in [-0.2, 0) is 5.41 Å². The number of nitrogens with zero attached hydrogens (tertiary/aromatic N) is 2. The smallest absolute Gasteiger partial charge is 0.123 e. The third kappa shape index (κ3) is 4.57. The van der Waals surface area contributed by atoms with Gasteiger partial charge in [0.2, 0.25) is 0 Å². The van der Waals surface area contributed by atoms with E-state index in [1.165, 1.54) is 5.56 Å². The summed E-state index contributed by atoms with van der Waals surface area (Å²) in [4.78, 5) is 2.03. The van der Waals surface area contributed by atoms with Gasteiger partial charge in [0.1, 0.15) is 12.4 Å². The van der Waals surface area contributed by atoms with E-state index < -0.39 is 0 Å². The highest BCUT2D eigenvalue weighted by atomic mass is 16.5. The molecule has 1 aromatic carbocycles. The Bertz CT molecular complexity index is 441. The van der Waals surface area contributed by atoms with Gasteiger partial charge in [-0.1, -0.05) is 39.0 Å². The number of rotatable bonds is 5. The van der Waals surface area contributed by atoms with Gasteiger partial charge in [-0.3, -0.25) is 0 Å². The molecule has 1 unspecified atom stereocenters. The largest absolute Gasteiger partial charge is 0.492 e. The molecule has 0 spiro atoms. The number of benzene rings is 1. The molecular weight excluding hydrogens is 236 g/mol. The van der Waals surface area contributed by atoms with Gasteiger partial charge in [0.25, 0.3) is 0 Å². The summed E-state index contributed by atoms with van der Waals surface area (Å²) in [6.45, 7) is 7.06. The van der Waals surface area contributed by atoms with Gasteiger partial charge in [0, 0.05) is 0 Å². The molecule has 0 saturated carbocycles. The molecule has 104 valence electrons. The Kier molecular flexibility index (Phi) is 5.38. The molecule has 0 aliphatic rings. The predicted octanol–water partition coefficient (Wildman–Crippen LogP) is 3.21. The monoisotopic (exact) mass is 260 g/mol. The lowest BCUT2D eigenvalue weighted by Gasteiger charge is -2.26. The van der Waals surface area contributed by atoms with Gasteiger partial charge in [-0.25, -0.2) is 0 Å². The second-order valence-corrected chi connectivity index (χ2v) is 6.04. The summed E-state index contributed by atoms with van der Waals surface area (Å²) in [5, 5.41) is 8.83. The van der Waals surface area contributed by atoms with E-state index in [1.54, 1.807) is 0 Å². The van der Waals surface area contributed by atoms with Crippen LogP contribution < -0.4 is 4.74 Å². The molecule has 1 aromatic rings. The van der Waals surface area contributed by atoms with Gasteiger partial charge in [0.05, 0.1) is 18.5 Å². The Balaban J connectivity index is 2.81. The van der Waals surface area contributed by atoms with Gasteiger partial charge in [-0.15, -0.1) is 0 Å². The Hall–Kier alpha value is -1.53. The average molecular weight is 260 g/mol. The second kappa shape index (κ2) is 6.58. The molecule has 0 heterocycles. The fourth-order valence-corrected chi connectivity index (χ4v) is 1.89. The minimum absolute atomic E-state index is 0.0550. The Labute approximate surface area is 116 Å². The molecule has 0 amide bonds. The van der Waals surface area contributed by atoms with Crippen LogP contribution in [0.4, 0.5) is 0 Å². The van der Waals surface area contributed by atoms with Crippen LogP contribution in [0, 0.1) is 11.3 Å². The molecular formula is C16H24N2O. The quantitative estimate of drug-likeness (QED) is 0.815. The van der Waals surface area contributed by atoms with Crippen LogP contribution in [0.3, 0.4) is 0 Å². The molecule has 0 N–H and O–H groups in total. The molecule has 0 fully saturated rings. The zero-order valence-electron chi connectivity index (χ0n) is 12.6. The van der Waals surface area contributed by atoms with E-state index >= 15 is 0 Å². The van der Waals surface area contributed by atoms with Gasteiger partial charge < -0.3 is 9.64 Å². The van der Waals surface area contributed by atoms with Crippen molar-refractivity contribution in [3.05, 3.63) is 29.8 Å². The van der Waals surface area contributed by atoms with Crippen molar-refractivity contribution in [1.29, 1.82) is 5.26 Å². The molecule has 19 heavy (non-hydrogen) atoms. The first-order valence-corrected chi connectivity index (χ1v) is 6.62. The maximum Gasteiger partial charge on any atom is 0.123 e. The van der Waals surface area contributed by atoms with Crippen molar-refractivity contribution >= 4 is 0 Å². The van der Waals surface area contributed by atoms with Crippen LogP contribution in [0.15, 0.2) is 24.3 Å². The maximum absolute atomic E-state index is 8.83. The van der Waals surface area contributed by atoms with Crippen LogP contribution in [0.1, 0.15) is 32.8 Å². The molecule has 1 rings (SSSR count). The van der Waals surface area contributed by atoms with Crippen LogP contribution in [0.25, 0.3) is 0 Å². The topological polar surface area (TPSA) is 36.3 Å². The number of likely N-dealkylation sites (N-methyl/N-ethyl adjacent to an activating group) is 1. The highest BCUT2D eigenvalue weighted by Crippen LogP contribution is 2.31. The van der Waals surface area contributed by atoms with Crippen molar-refractivity contribution < 1.29 is 4.74 Å². The molecule has 0 saturated heterocycles.